The third-order valence-corrected chi connectivity index (χ3v) is 2.35. The average Bonchev–Trinajstić information content (AvgIpc) is 2.35. The van der Waals surface area contributed by atoms with Crippen LogP contribution in [0.4, 0.5) is 5.82 Å². The number of carbonyl (C=O) groups excluding carboxylic acids is 1. The summed E-state index contributed by atoms with van der Waals surface area (Å²) in [6, 6.07) is 6.51. The minimum atomic E-state index is -0.336. The van der Waals surface area contributed by atoms with E-state index in [4.69, 9.17) is 0 Å². The fourth-order valence-corrected chi connectivity index (χ4v) is 1.43. The zero-order chi connectivity index (χ0) is 13.0. The molecule has 0 spiro atoms. The smallest absolute Gasteiger partial charge is 0.267 e. The van der Waals surface area contributed by atoms with Gasteiger partial charge in [-0.05, 0) is 24.6 Å². The monoisotopic (exact) mass is 244 g/mol. The summed E-state index contributed by atoms with van der Waals surface area (Å²) in [7, 11) is 0. The predicted molar refractivity (Wildman–Crippen MR) is 66.1 cm³/mol. The maximum Gasteiger partial charge on any atom is 0.267 e. The molecule has 2 heterocycles. The molecule has 92 valence electrons. The van der Waals surface area contributed by atoms with Crippen LogP contribution in [0.2, 0.25) is 0 Å². The number of amides is 1. The Morgan fingerprint density at radius 2 is 2.11 bits per heavy atom. The van der Waals surface area contributed by atoms with Gasteiger partial charge in [-0.25, -0.2) is 9.67 Å². The van der Waals surface area contributed by atoms with Gasteiger partial charge in [-0.1, -0.05) is 6.07 Å². The van der Waals surface area contributed by atoms with E-state index in [1.165, 1.54) is 18.3 Å². The van der Waals surface area contributed by atoms with Crippen molar-refractivity contribution in [3.63, 3.8) is 0 Å². The van der Waals surface area contributed by atoms with Gasteiger partial charge in [-0.2, -0.15) is 5.10 Å². The fraction of sp³-hybridized carbons (Fsp3) is 0.167. The first-order valence-electron chi connectivity index (χ1n) is 5.40. The number of aryl methyl sites for hydroxylation is 1. The van der Waals surface area contributed by atoms with E-state index < -0.39 is 0 Å². The number of rotatable bonds is 3. The molecule has 0 radical (unpaired) electrons. The molecule has 0 fully saturated rings. The first kappa shape index (κ1) is 12.0. The zero-order valence-corrected chi connectivity index (χ0v) is 9.83. The number of carbonyl (C=O) groups is 1. The largest absolute Gasteiger partial charge is 0.309 e. The highest BCUT2D eigenvalue weighted by molar-refractivity contribution is 5.90. The molecular formula is C12H12N4O2. The third kappa shape index (κ3) is 2.79. The SMILES string of the molecule is Cc1cccnc1NC(=O)Cn1ncccc1=O. The zero-order valence-electron chi connectivity index (χ0n) is 9.83. The number of aromatic nitrogens is 3. The Bertz CT molecular complexity index is 621. The molecule has 0 bridgehead atoms. The van der Waals surface area contributed by atoms with Crippen molar-refractivity contribution in [3.8, 4) is 0 Å². The van der Waals surface area contributed by atoms with Crippen molar-refractivity contribution in [1.29, 1.82) is 0 Å². The highest BCUT2D eigenvalue weighted by Crippen LogP contribution is 2.08. The lowest BCUT2D eigenvalue weighted by Crippen LogP contribution is -2.29. The fourth-order valence-electron chi connectivity index (χ4n) is 1.43. The lowest BCUT2D eigenvalue weighted by Gasteiger charge is -2.07. The molecule has 2 aromatic heterocycles. The number of hydrogen-bond acceptors (Lipinski definition) is 4. The predicted octanol–water partition coefficient (Wildman–Crippen LogP) is 0.585. The molecule has 1 N–H and O–H groups in total. The van der Waals surface area contributed by atoms with Crippen molar-refractivity contribution in [2.45, 2.75) is 13.5 Å². The van der Waals surface area contributed by atoms with E-state index in [0.717, 1.165) is 10.2 Å². The molecule has 0 saturated carbocycles. The molecule has 1 amide bonds. The lowest BCUT2D eigenvalue weighted by atomic mass is 10.3. The average molecular weight is 244 g/mol. The molecule has 2 rings (SSSR count). The second kappa shape index (κ2) is 5.22. The molecule has 6 heteroatoms. The molecule has 0 saturated heterocycles. The van der Waals surface area contributed by atoms with Gasteiger partial charge in [-0.3, -0.25) is 9.59 Å². The normalized spacial score (nSPS) is 10.1. The summed E-state index contributed by atoms with van der Waals surface area (Å²) in [6.07, 6.45) is 3.05. The summed E-state index contributed by atoms with van der Waals surface area (Å²) in [5, 5.41) is 6.44. The summed E-state index contributed by atoms with van der Waals surface area (Å²) < 4.78 is 1.09. The molecule has 0 unspecified atom stereocenters. The van der Waals surface area contributed by atoms with Crippen LogP contribution < -0.4 is 10.9 Å². The number of anilines is 1. The van der Waals surface area contributed by atoms with E-state index in [0.29, 0.717) is 5.82 Å². The van der Waals surface area contributed by atoms with Gasteiger partial charge in [0.25, 0.3) is 5.56 Å². The van der Waals surface area contributed by atoms with Crippen LogP contribution in [0.5, 0.6) is 0 Å². The molecule has 2 aromatic rings. The summed E-state index contributed by atoms with van der Waals surface area (Å²) in [5.41, 5.74) is 0.546. The standard InChI is InChI=1S/C12H12N4O2/c1-9-4-2-6-13-12(9)15-10(17)8-16-11(18)5-3-7-14-16/h2-7H,8H2,1H3,(H,13,15,17). The Balaban J connectivity index is 2.09. The molecule has 0 aliphatic rings. The van der Waals surface area contributed by atoms with Gasteiger partial charge in [0.05, 0.1) is 0 Å². The van der Waals surface area contributed by atoms with Crippen molar-refractivity contribution in [1.82, 2.24) is 14.8 Å². The molecular weight excluding hydrogens is 232 g/mol. The number of hydrogen-bond donors (Lipinski definition) is 1. The number of nitrogens with one attached hydrogen (secondary N) is 1. The van der Waals surface area contributed by atoms with Crippen molar-refractivity contribution >= 4 is 11.7 Å². The van der Waals surface area contributed by atoms with Crippen LogP contribution in [-0.4, -0.2) is 20.7 Å². The van der Waals surface area contributed by atoms with Gasteiger partial charge in [0.2, 0.25) is 5.91 Å². The van der Waals surface area contributed by atoms with Crippen molar-refractivity contribution in [3.05, 3.63) is 52.6 Å². The van der Waals surface area contributed by atoms with Crippen LogP contribution in [-0.2, 0) is 11.3 Å². The maximum atomic E-state index is 11.7. The van der Waals surface area contributed by atoms with Crippen LogP contribution >= 0.6 is 0 Å². The number of pyridine rings is 1. The summed E-state index contributed by atoms with van der Waals surface area (Å²) >= 11 is 0. The van der Waals surface area contributed by atoms with Gasteiger partial charge in [0.15, 0.2) is 0 Å². The summed E-state index contributed by atoms with van der Waals surface area (Å²) in [6.45, 7) is 1.71. The minimum Gasteiger partial charge on any atom is -0.309 e. The quantitative estimate of drug-likeness (QED) is 0.857. The Hall–Kier alpha value is -2.50. The van der Waals surface area contributed by atoms with Crippen molar-refractivity contribution in [2.75, 3.05) is 5.32 Å². The van der Waals surface area contributed by atoms with Crippen LogP contribution in [0.15, 0.2) is 41.5 Å². The summed E-state index contributed by atoms with van der Waals surface area (Å²) in [4.78, 5) is 27.2. The molecule has 6 nitrogen and oxygen atoms in total. The first-order chi connectivity index (χ1) is 8.66. The Labute approximate surface area is 103 Å². The number of nitrogens with zero attached hydrogens (tertiary/aromatic N) is 3. The molecule has 0 aliphatic carbocycles. The minimum absolute atomic E-state index is 0.129. The van der Waals surface area contributed by atoms with E-state index in [1.807, 2.05) is 13.0 Å². The lowest BCUT2D eigenvalue weighted by molar-refractivity contribution is -0.117. The van der Waals surface area contributed by atoms with Crippen molar-refractivity contribution < 1.29 is 4.79 Å². The molecule has 18 heavy (non-hydrogen) atoms. The van der Waals surface area contributed by atoms with E-state index >= 15 is 0 Å². The van der Waals surface area contributed by atoms with Crippen LogP contribution in [0, 0.1) is 6.92 Å². The second-order valence-electron chi connectivity index (χ2n) is 3.74. The topological polar surface area (TPSA) is 76.9 Å². The summed E-state index contributed by atoms with van der Waals surface area (Å²) in [5.74, 6) is 0.157. The Morgan fingerprint density at radius 3 is 2.83 bits per heavy atom. The van der Waals surface area contributed by atoms with Gasteiger partial charge >= 0.3 is 0 Å². The van der Waals surface area contributed by atoms with E-state index in [2.05, 4.69) is 15.4 Å². The van der Waals surface area contributed by atoms with E-state index in [1.54, 1.807) is 12.3 Å². The van der Waals surface area contributed by atoms with Crippen LogP contribution in [0.25, 0.3) is 0 Å². The van der Waals surface area contributed by atoms with E-state index in [9.17, 15) is 9.59 Å². The second-order valence-corrected chi connectivity index (χ2v) is 3.74. The van der Waals surface area contributed by atoms with Crippen LogP contribution in [0.1, 0.15) is 5.56 Å². The van der Waals surface area contributed by atoms with Crippen molar-refractivity contribution in [2.24, 2.45) is 0 Å². The van der Waals surface area contributed by atoms with Gasteiger partial charge in [-0.15, -0.1) is 0 Å². The highest BCUT2D eigenvalue weighted by Gasteiger charge is 2.07. The molecule has 0 aromatic carbocycles. The van der Waals surface area contributed by atoms with Gasteiger partial charge < -0.3 is 5.32 Å². The highest BCUT2D eigenvalue weighted by atomic mass is 16.2. The van der Waals surface area contributed by atoms with Crippen LogP contribution in [0.3, 0.4) is 0 Å². The van der Waals surface area contributed by atoms with Gasteiger partial charge in [0.1, 0.15) is 12.4 Å². The van der Waals surface area contributed by atoms with Gasteiger partial charge in [0, 0.05) is 18.5 Å². The molecule has 0 atom stereocenters. The third-order valence-electron chi connectivity index (χ3n) is 2.35. The Morgan fingerprint density at radius 1 is 1.33 bits per heavy atom. The maximum absolute atomic E-state index is 11.7. The van der Waals surface area contributed by atoms with E-state index in [-0.39, 0.29) is 18.0 Å². The first-order valence-corrected chi connectivity index (χ1v) is 5.40. The molecule has 0 aliphatic heterocycles. The Kier molecular flexibility index (Phi) is 3.47.